The van der Waals surface area contributed by atoms with Gasteiger partial charge in [-0.05, 0) is 31.5 Å². The smallest absolute Gasteiger partial charge is 0.416 e. The molecule has 0 radical (unpaired) electrons. The lowest BCUT2D eigenvalue weighted by molar-refractivity contribution is -0.130. The molecule has 168 valence electrons. The number of aryl methyl sites for hydroxylation is 1. The third-order valence-corrected chi connectivity index (χ3v) is 6.93. The number of imide groups is 1. The Morgan fingerprint density at radius 3 is 2.58 bits per heavy atom. The van der Waals surface area contributed by atoms with Crippen LogP contribution in [0.15, 0.2) is 59.7 Å². The van der Waals surface area contributed by atoms with Crippen LogP contribution in [0.2, 0.25) is 0 Å². The maximum atomic E-state index is 14.0. The summed E-state index contributed by atoms with van der Waals surface area (Å²) in [7, 11) is 0. The van der Waals surface area contributed by atoms with E-state index in [0.29, 0.717) is 11.4 Å². The predicted octanol–water partition coefficient (Wildman–Crippen LogP) is 2.77. The number of rotatable bonds is 3. The van der Waals surface area contributed by atoms with Crippen molar-refractivity contribution in [1.29, 1.82) is 0 Å². The van der Waals surface area contributed by atoms with Crippen LogP contribution >= 0.6 is 12.2 Å². The van der Waals surface area contributed by atoms with E-state index < -0.39 is 29.4 Å². The fourth-order valence-electron chi connectivity index (χ4n) is 4.96. The first-order valence-electron chi connectivity index (χ1n) is 10.7. The maximum Gasteiger partial charge on any atom is 0.416 e. The predicted molar refractivity (Wildman–Crippen MR) is 126 cm³/mol. The number of nitrogens with zero attached hydrogens (tertiary/aromatic N) is 3. The number of anilines is 1. The van der Waals surface area contributed by atoms with E-state index in [0.717, 1.165) is 16.0 Å². The SMILES string of the molecule is CC1=NN(c2ccccc2)C(=O)[C@]12C(=S)N[C@H](C(=O)N1CCOC1=O)[C@@H]2c1cccc(C)c1. The lowest BCUT2D eigenvalue weighted by Gasteiger charge is -2.31. The summed E-state index contributed by atoms with van der Waals surface area (Å²) in [5.74, 6) is -1.48. The molecule has 3 aliphatic heterocycles. The number of benzene rings is 2. The second-order valence-corrected chi connectivity index (χ2v) is 8.80. The molecule has 0 aliphatic carbocycles. The lowest BCUT2D eigenvalue weighted by atomic mass is 9.68. The first-order chi connectivity index (χ1) is 15.9. The molecule has 1 N–H and O–H groups in total. The molecule has 1 spiro atoms. The second kappa shape index (κ2) is 7.77. The van der Waals surface area contributed by atoms with Crippen molar-refractivity contribution in [2.75, 3.05) is 18.2 Å². The molecule has 2 saturated heterocycles. The number of carbonyl (C=O) groups is 3. The maximum absolute atomic E-state index is 14.0. The highest BCUT2D eigenvalue weighted by Crippen LogP contribution is 2.50. The van der Waals surface area contributed by atoms with Crippen molar-refractivity contribution in [3.05, 3.63) is 65.7 Å². The van der Waals surface area contributed by atoms with Crippen LogP contribution < -0.4 is 10.3 Å². The average molecular weight is 463 g/mol. The minimum Gasteiger partial charge on any atom is -0.447 e. The highest BCUT2D eigenvalue weighted by molar-refractivity contribution is 7.80. The number of para-hydroxylation sites is 1. The van der Waals surface area contributed by atoms with Crippen LogP contribution in [0.5, 0.6) is 0 Å². The van der Waals surface area contributed by atoms with Crippen molar-refractivity contribution in [3.63, 3.8) is 0 Å². The van der Waals surface area contributed by atoms with Gasteiger partial charge in [-0.25, -0.2) is 9.69 Å². The van der Waals surface area contributed by atoms with Gasteiger partial charge in [0.1, 0.15) is 12.6 Å². The Bertz CT molecular complexity index is 1210. The minimum absolute atomic E-state index is 0.142. The topological polar surface area (TPSA) is 91.3 Å². The van der Waals surface area contributed by atoms with Crippen molar-refractivity contribution < 1.29 is 19.1 Å². The van der Waals surface area contributed by atoms with Crippen molar-refractivity contribution in [2.45, 2.75) is 25.8 Å². The van der Waals surface area contributed by atoms with Gasteiger partial charge in [0.05, 0.1) is 22.9 Å². The van der Waals surface area contributed by atoms with E-state index >= 15 is 0 Å². The Kier molecular flexibility index (Phi) is 5.01. The number of hydrogen-bond acceptors (Lipinski definition) is 6. The van der Waals surface area contributed by atoms with Gasteiger partial charge in [0, 0.05) is 5.92 Å². The quantitative estimate of drug-likeness (QED) is 0.706. The largest absolute Gasteiger partial charge is 0.447 e. The zero-order chi connectivity index (χ0) is 23.3. The van der Waals surface area contributed by atoms with E-state index in [9.17, 15) is 14.4 Å². The number of thiocarbonyl (C=S) groups is 1. The van der Waals surface area contributed by atoms with E-state index in [1.54, 1.807) is 19.1 Å². The zero-order valence-electron chi connectivity index (χ0n) is 18.1. The minimum atomic E-state index is -1.34. The highest BCUT2D eigenvalue weighted by Gasteiger charge is 2.66. The molecule has 2 aromatic rings. The second-order valence-electron chi connectivity index (χ2n) is 8.39. The van der Waals surface area contributed by atoms with Gasteiger partial charge in [0.2, 0.25) is 0 Å². The first-order valence-corrected chi connectivity index (χ1v) is 11.1. The average Bonchev–Trinajstić information content (AvgIpc) is 3.45. The van der Waals surface area contributed by atoms with Crippen molar-refractivity contribution >= 4 is 46.5 Å². The zero-order valence-corrected chi connectivity index (χ0v) is 19.0. The number of carbonyl (C=O) groups excluding carboxylic acids is 3. The summed E-state index contributed by atoms with van der Waals surface area (Å²) < 4.78 is 4.97. The molecule has 0 aromatic heterocycles. The standard InChI is InChI=1S/C24H22N4O4S/c1-14-7-6-8-16(13-14)18-19(20(29)27-11-12-32-23(27)31)25-21(33)24(18)15(2)26-28(22(24)30)17-9-4-3-5-10-17/h3-10,13,18-19H,11-12H2,1-2H3,(H,25,33)/t18-,19-,24+/m0/s1. The molecular formula is C24H22N4O4S. The number of amides is 3. The fraction of sp³-hybridized carbons (Fsp3) is 0.292. The van der Waals surface area contributed by atoms with Gasteiger partial charge >= 0.3 is 6.09 Å². The van der Waals surface area contributed by atoms with Crippen molar-refractivity contribution in [2.24, 2.45) is 10.5 Å². The summed E-state index contributed by atoms with van der Waals surface area (Å²) in [4.78, 5) is 41.0. The Labute approximate surface area is 196 Å². The van der Waals surface area contributed by atoms with E-state index in [4.69, 9.17) is 17.0 Å². The van der Waals surface area contributed by atoms with E-state index in [1.807, 2.05) is 49.4 Å². The van der Waals surface area contributed by atoms with Crippen LogP contribution in [0.25, 0.3) is 0 Å². The Morgan fingerprint density at radius 2 is 1.91 bits per heavy atom. The Morgan fingerprint density at radius 1 is 1.15 bits per heavy atom. The van der Waals surface area contributed by atoms with E-state index in [-0.39, 0.29) is 24.0 Å². The van der Waals surface area contributed by atoms with Crippen LogP contribution in [-0.2, 0) is 14.3 Å². The molecule has 2 fully saturated rings. The molecule has 9 heteroatoms. The molecular weight excluding hydrogens is 440 g/mol. The molecule has 0 unspecified atom stereocenters. The highest BCUT2D eigenvalue weighted by atomic mass is 32.1. The van der Waals surface area contributed by atoms with E-state index in [1.165, 1.54) is 5.01 Å². The summed E-state index contributed by atoms with van der Waals surface area (Å²) in [6.07, 6.45) is -0.689. The number of ether oxygens (including phenoxy) is 1. The first kappa shape index (κ1) is 21.3. The van der Waals surface area contributed by atoms with Gasteiger partial charge < -0.3 is 10.1 Å². The van der Waals surface area contributed by atoms with Gasteiger partial charge in [0.25, 0.3) is 11.8 Å². The van der Waals surface area contributed by atoms with Crippen LogP contribution in [0.4, 0.5) is 10.5 Å². The van der Waals surface area contributed by atoms with Crippen LogP contribution in [0.1, 0.15) is 24.0 Å². The molecule has 3 atom stereocenters. The number of cyclic esters (lactones) is 1. The molecule has 8 nitrogen and oxygen atoms in total. The van der Waals surface area contributed by atoms with Crippen molar-refractivity contribution in [1.82, 2.24) is 10.2 Å². The summed E-state index contributed by atoms with van der Waals surface area (Å²) in [5.41, 5.74) is 1.52. The summed E-state index contributed by atoms with van der Waals surface area (Å²) in [6.45, 7) is 4.00. The molecule has 3 amide bonds. The van der Waals surface area contributed by atoms with Gasteiger partial charge in [-0.1, -0.05) is 60.2 Å². The molecule has 0 saturated carbocycles. The molecule has 2 aromatic carbocycles. The molecule has 0 bridgehead atoms. The monoisotopic (exact) mass is 462 g/mol. The van der Waals surface area contributed by atoms with Crippen molar-refractivity contribution in [3.8, 4) is 0 Å². The Balaban J connectivity index is 1.65. The van der Waals surface area contributed by atoms with Gasteiger partial charge in [0.15, 0.2) is 5.41 Å². The van der Waals surface area contributed by atoms with Crippen LogP contribution in [0, 0.1) is 12.3 Å². The molecule has 33 heavy (non-hydrogen) atoms. The fourth-order valence-corrected chi connectivity index (χ4v) is 5.45. The summed E-state index contributed by atoms with van der Waals surface area (Å²) in [5, 5.41) is 9.03. The third-order valence-electron chi connectivity index (χ3n) is 6.49. The third kappa shape index (κ3) is 3.06. The number of nitrogens with one attached hydrogen (secondary N) is 1. The normalized spacial score (nSPS) is 26.6. The molecule has 3 aliphatic rings. The lowest BCUT2D eigenvalue weighted by Crippen LogP contribution is -2.49. The summed E-state index contributed by atoms with van der Waals surface area (Å²) >= 11 is 5.73. The number of hydrazone groups is 1. The molecule has 5 rings (SSSR count). The van der Waals surface area contributed by atoms with Gasteiger partial charge in [-0.15, -0.1) is 0 Å². The van der Waals surface area contributed by atoms with E-state index in [2.05, 4.69) is 10.4 Å². The number of hydrogen-bond donors (Lipinski definition) is 1. The van der Waals surface area contributed by atoms with Crippen LogP contribution in [-0.4, -0.2) is 52.7 Å². The van der Waals surface area contributed by atoms with Gasteiger partial charge in [-0.3, -0.25) is 9.59 Å². The van der Waals surface area contributed by atoms with Gasteiger partial charge in [-0.2, -0.15) is 10.1 Å². The summed E-state index contributed by atoms with van der Waals surface area (Å²) in [6, 6.07) is 15.8. The molecule has 3 heterocycles. The van der Waals surface area contributed by atoms with Crippen LogP contribution in [0.3, 0.4) is 0 Å². The Hall–Kier alpha value is -3.59.